The molecule has 0 atom stereocenters. The Hall–Kier alpha value is -1.21. The maximum atomic E-state index is 2.27. The first-order valence-electron chi connectivity index (χ1n) is 6.26. The molecular weight excluding hydrogens is 236 g/mol. The molecule has 0 spiro atoms. The summed E-state index contributed by atoms with van der Waals surface area (Å²) in [6.07, 6.45) is 2.12. The highest BCUT2D eigenvalue weighted by molar-refractivity contribution is 7.98. The summed E-state index contributed by atoms with van der Waals surface area (Å²) in [7, 11) is 0. The summed E-state index contributed by atoms with van der Waals surface area (Å²) in [6, 6.07) is 17.5. The third-order valence-electron chi connectivity index (χ3n) is 3.12. The number of hydrogen-bond donors (Lipinski definition) is 0. The maximum absolute atomic E-state index is 2.27. The monoisotopic (exact) mass is 256 g/mol. The van der Waals surface area contributed by atoms with Crippen molar-refractivity contribution in [1.29, 1.82) is 0 Å². The van der Waals surface area contributed by atoms with Crippen LogP contribution in [0.2, 0.25) is 0 Å². The highest BCUT2D eigenvalue weighted by atomic mass is 32.2. The number of hydrogen-bond acceptors (Lipinski definition) is 1. The maximum Gasteiger partial charge on any atom is 0.00752 e. The second kappa shape index (κ2) is 5.19. The highest BCUT2D eigenvalue weighted by Crippen LogP contribution is 2.33. The number of rotatable bonds is 2. The molecule has 0 aliphatic heterocycles. The third kappa shape index (κ3) is 2.78. The molecule has 0 heterocycles. The van der Waals surface area contributed by atoms with Crippen LogP contribution in [0.15, 0.2) is 53.4 Å². The lowest BCUT2D eigenvalue weighted by molar-refractivity contribution is 0.592. The predicted octanol–water partition coefficient (Wildman–Crippen LogP) is 5.37. The van der Waals surface area contributed by atoms with E-state index < -0.39 is 0 Å². The van der Waals surface area contributed by atoms with E-state index in [1.807, 2.05) is 0 Å². The van der Waals surface area contributed by atoms with Gasteiger partial charge in [0.1, 0.15) is 0 Å². The van der Waals surface area contributed by atoms with Crippen LogP contribution in [-0.4, -0.2) is 6.26 Å². The first kappa shape index (κ1) is 13.2. The molecule has 0 bridgehead atoms. The summed E-state index contributed by atoms with van der Waals surface area (Å²) >= 11 is 1.79. The lowest BCUT2D eigenvalue weighted by atomic mass is 9.82. The first-order chi connectivity index (χ1) is 8.52. The van der Waals surface area contributed by atoms with Crippen molar-refractivity contribution in [2.24, 2.45) is 0 Å². The van der Waals surface area contributed by atoms with Gasteiger partial charge in [-0.1, -0.05) is 57.2 Å². The van der Waals surface area contributed by atoms with Crippen molar-refractivity contribution in [3.05, 3.63) is 54.1 Å². The summed E-state index contributed by atoms with van der Waals surface area (Å²) in [5.41, 5.74) is 4.24. The molecule has 0 radical (unpaired) electrons. The molecule has 1 heteroatoms. The normalized spacial score (nSPS) is 11.6. The largest absolute Gasteiger partial charge is 0.130 e. The van der Waals surface area contributed by atoms with Gasteiger partial charge in [0, 0.05) is 4.90 Å². The van der Waals surface area contributed by atoms with E-state index in [2.05, 4.69) is 75.6 Å². The molecule has 0 fully saturated rings. The lowest BCUT2D eigenvalue weighted by Gasteiger charge is -2.23. The van der Waals surface area contributed by atoms with Gasteiger partial charge < -0.3 is 0 Å². The van der Waals surface area contributed by atoms with E-state index in [4.69, 9.17) is 0 Å². The molecule has 2 aromatic rings. The van der Waals surface area contributed by atoms with Gasteiger partial charge in [-0.2, -0.15) is 0 Å². The van der Waals surface area contributed by atoms with Gasteiger partial charge in [-0.25, -0.2) is 0 Å². The zero-order valence-electron chi connectivity index (χ0n) is 11.5. The van der Waals surface area contributed by atoms with Gasteiger partial charge in [0.05, 0.1) is 0 Å². The van der Waals surface area contributed by atoms with E-state index in [-0.39, 0.29) is 5.41 Å². The summed E-state index contributed by atoms with van der Waals surface area (Å²) < 4.78 is 0. The van der Waals surface area contributed by atoms with Crippen LogP contribution in [0.1, 0.15) is 26.3 Å². The second-order valence-electron chi connectivity index (χ2n) is 5.53. The van der Waals surface area contributed by atoms with Gasteiger partial charge >= 0.3 is 0 Å². The first-order valence-corrected chi connectivity index (χ1v) is 7.49. The van der Waals surface area contributed by atoms with E-state index in [0.717, 1.165) is 0 Å². The van der Waals surface area contributed by atoms with Crippen molar-refractivity contribution in [1.82, 2.24) is 0 Å². The SMILES string of the molecule is CSc1cccc(-c2ccccc2C(C)(C)C)c1. The average molecular weight is 256 g/mol. The van der Waals surface area contributed by atoms with Crippen LogP contribution in [0.25, 0.3) is 11.1 Å². The Morgan fingerprint density at radius 3 is 2.28 bits per heavy atom. The van der Waals surface area contributed by atoms with E-state index in [1.54, 1.807) is 11.8 Å². The lowest BCUT2D eigenvalue weighted by Crippen LogP contribution is -2.12. The number of benzene rings is 2. The quantitative estimate of drug-likeness (QED) is 0.651. The fraction of sp³-hybridized carbons (Fsp3) is 0.294. The van der Waals surface area contributed by atoms with Crippen molar-refractivity contribution in [2.45, 2.75) is 31.1 Å². The zero-order chi connectivity index (χ0) is 13.2. The zero-order valence-corrected chi connectivity index (χ0v) is 12.3. The Kier molecular flexibility index (Phi) is 3.82. The van der Waals surface area contributed by atoms with Crippen molar-refractivity contribution in [3.63, 3.8) is 0 Å². The molecule has 0 aliphatic carbocycles. The fourth-order valence-electron chi connectivity index (χ4n) is 2.18. The Morgan fingerprint density at radius 2 is 1.61 bits per heavy atom. The van der Waals surface area contributed by atoms with Crippen LogP contribution in [0, 0.1) is 0 Å². The molecule has 0 N–H and O–H groups in total. The molecular formula is C17H20S. The van der Waals surface area contributed by atoms with Crippen molar-refractivity contribution < 1.29 is 0 Å². The third-order valence-corrected chi connectivity index (χ3v) is 3.84. The topological polar surface area (TPSA) is 0 Å². The second-order valence-corrected chi connectivity index (χ2v) is 6.41. The van der Waals surface area contributed by atoms with Crippen LogP contribution < -0.4 is 0 Å². The minimum atomic E-state index is 0.173. The molecule has 0 aliphatic rings. The van der Waals surface area contributed by atoms with Crippen molar-refractivity contribution in [3.8, 4) is 11.1 Å². The van der Waals surface area contributed by atoms with Gasteiger partial charge in [0.25, 0.3) is 0 Å². The molecule has 0 saturated carbocycles. The van der Waals surface area contributed by atoms with E-state index in [1.165, 1.54) is 21.6 Å². The standard InChI is InChI=1S/C17H20S/c1-17(2,3)16-11-6-5-10-15(16)13-8-7-9-14(12-13)18-4/h5-12H,1-4H3. The smallest absolute Gasteiger partial charge is 0.00752 e. The highest BCUT2D eigenvalue weighted by Gasteiger charge is 2.18. The van der Waals surface area contributed by atoms with Crippen molar-refractivity contribution >= 4 is 11.8 Å². The fourth-order valence-corrected chi connectivity index (χ4v) is 2.64. The van der Waals surface area contributed by atoms with Gasteiger partial charge in [0.2, 0.25) is 0 Å². The van der Waals surface area contributed by atoms with E-state index in [0.29, 0.717) is 0 Å². The minimum Gasteiger partial charge on any atom is -0.130 e. The summed E-state index contributed by atoms with van der Waals surface area (Å²) in [4.78, 5) is 1.32. The van der Waals surface area contributed by atoms with Crippen LogP contribution >= 0.6 is 11.8 Å². The van der Waals surface area contributed by atoms with E-state index >= 15 is 0 Å². The Labute approximate surface area is 114 Å². The Balaban J connectivity index is 2.57. The van der Waals surface area contributed by atoms with Crippen LogP contribution in [0.5, 0.6) is 0 Å². The predicted molar refractivity (Wildman–Crippen MR) is 82.4 cm³/mol. The average Bonchev–Trinajstić information content (AvgIpc) is 2.38. The molecule has 18 heavy (non-hydrogen) atoms. The van der Waals surface area contributed by atoms with Crippen LogP contribution in [0.4, 0.5) is 0 Å². The molecule has 0 amide bonds. The molecule has 0 unspecified atom stereocenters. The summed E-state index contributed by atoms with van der Waals surface area (Å²) in [5.74, 6) is 0. The van der Waals surface area contributed by atoms with Crippen molar-refractivity contribution in [2.75, 3.05) is 6.26 Å². The molecule has 2 rings (SSSR count). The van der Waals surface area contributed by atoms with Gasteiger partial charge in [-0.05, 0) is 40.5 Å². The summed E-state index contributed by atoms with van der Waals surface area (Å²) in [5, 5.41) is 0. The molecule has 0 aromatic heterocycles. The van der Waals surface area contributed by atoms with Crippen LogP contribution in [-0.2, 0) is 5.41 Å². The van der Waals surface area contributed by atoms with Gasteiger partial charge in [-0.15, -0.1) is 11.8 Å². The number of thioether (sulfide) groups is 1. The Morgan fingerprint density at radius 1 is 0.889 bits per heavy atom. The molecule has 0 saturated heterocycles. The van der Waals surface area contributed by atoms with Gasteiger partial charge in [-0.3, -0.25) is 0 Å². The summed E-state index contributed by atoms with van der Waals surface area (Å²) in [6.45, 7) is 6.80. The molecule has 2 aromatic carbocycles. The van der Waals surface area contributed by atoms with E-state index in [9.17, 15) is 0 Å². The van der Waals surface area contributed by atoms with Crippen LogP contribution in [0.3, 0.4) is 0 Å². The minimum absolute atomic E-state index is 0.173. The molecule has 94 valence electrons. The Bertz CT molecular complexity index is 535. The molecule has 0 nitrogen and oxygen atoms in total. The van der Waals surface area contributed by atoms with Gasteiger partial charge in [0.15, 0.2) is 0 Å².